The highest BCUT2D eigenvalue weighted by Crippen LogP contribution is 2.36. The minimum Gasteiger partial charge on any atom is -0.292 e. The fourth-order valence-corrected chi connectivity index (χ4v) is 2.07. The first kappa shape index (κ1) is 10.1. The quantitative estimate of drug-likeness (QED) is 0.547. The minimum atomic E-state index is -0.265. The molecule has 0 N–H and O–H groups in total. The summed E-state index contributed by atoms with van der Waals surface area (Å²) in [5.41, 5.74) is 1.33. The zero-order chi connectivity index (χ0) is 11.1. The summed E-state index contributed by atoms with van der Waals surface area (Å²) in [5.74, 6) is 0.172. The molecule has 0 saturated heterocycles. The normalized spacial score (nSPS) is 18.3. The Morgan fingerprint density at radius 3 is 2.53 bits per heavy atom. The van der Waals surface area contributed by atoms with E-state index in [-0.39, 0.29) is 11.2 Å². The summed E-state index contributed by atoms with van der Waals surface area (Å²) in [5, 5.41) is 4.24. The third-order valence-electron chi connectivity index (χ3n) is 3.08. The molecule has 0 unspecified atom stereocenters. The van der Waals surface area contributed by atoms with Gasteiger partial charge in [0.1, 0.15) is 5.69 Å². The number of rotatable bonds is 2. The largest absolute Gasteiger partial charge is 0.292 e. The zero-order valence-corrected chi connectivity index (χ0v) is 9.45. The Morgan fingerprint density at radius 2 is 2.07 bits per heavy atom. The van der Waals surface area contributed by atoms with Crippen LogP contribution in [0.25, 0.3) is 0 Å². The van der Waals surface area contributed by atoms with E-state index < -0.39 is 0 Å². The van der Waals surface area contributed by atoms with Gasteiger partial charge in [-0.15, -0.1) is 0 Å². The van der Waals surface area contributed by atoms with Crippen LogP contribution in [0.4, 0.5) is 0 Å². The maximum atomic E-state index is 12.3. The second-order valence-electron chi connectivity index (χ2n) is 4.60. The molecule has 1 aliphatic rings. The van der Waals surface area contributed by atoms with Gasteiger partial charge in [0, 0.05) is 18.7 Å². The lowest BCUT2D eigenvalue weighted by atomic mass is 9.81. The van der Waals surface area contributed by atoms with Crippen LogP contribution in [-0.4, -0.2) is 15.6 Å². The van der Waals surface area contributed by atoms with E-state index in [1.807, 2.05) is 27.1 Å². The fourth-order valence-electron chi connectivity index (χ4n) is 2.07. The molecular weight excluding hydrogens is 188 g/mol. The van der Waals surface area contributed by atoms with Crippen LogP contribution in [0.15, 0.2) is 18.3 Å². The van der Waals surface area contributed by atoms with Crippen LogP contribution in [0.1, 0.15) is 35.8 Å². The first-order valence-corrected chi connectivity index (χ1v) is 5.23. The van der Waals surface area contributed by atoms with Gasteiger partial charge in [0.2, 0.25) is 0 Å². The molecule has 1 aromatic rings. The second-order valence-corrected chi connectivity index (χ2v) is 4.60. The van der Waals surface area contributed by atoms with Crippen molar-refractivity contribution in [2.24, 2.45) is 12.5 Å². The Balaban J connectivity index is 2.32. The summed E-state index contributed by atoms with van der Waals surface area (Å²) < 4.78 is 1.70. The lowest BCUT2D eigenvalue weighted by Gasteiger charge is -2.20. The molecule has 0 amide bonds. The van der Waals surface area contributed by atoms with E-state index >= 15 is 0 Å². The van der Waals surface area contributed by atoms with E-state index in [2.05, 4.69) is 17.3 Å². The summed E-state index contributed by atoms with van der Waals surface area (Å²) in [6.45, 7) is 3.95. The van der Waals surface area contributed by atoms with Crippen LogP contribution in [0.2, 0.25) is 0 Å². The Hall–Kier alpha value is -1.38. The van der Waals surface area contributed by atoms with Crippen LogP contribution in [0.5, 0.6) is 0 Å². The molecule has 1 aliphatic carbocycles. The molecule has 0 fully saturated rings. The van der Waals surface area contributed by atoms with E-state index in [4.69, 9.17) is 0 Å². The summed E-state index contributed by atoms with van der Waals surface area (Å²) >= 11 is 0. The van der Waals surface area contributed by atoms with Crippen molar-refractivity contribution in [1.82, 2.24) is 9.78 Å². The van der Waals surface area contributed by atoms with Gasteiger partial charge in [0.25, 0.3) is 0 Å². The molecule has 80 valence electrons. The summed E-state index contributed by atoms with van der Waals surface area (Å²) in [7, 11) is 1.85. The number of nitrogens with zero attached hydrogens (tertiary/aromatic N) is 2. The second kappa shape index (κ2) is 3.33. The van der Waals surface area contributed by atoms with E-state index in [0.29, 0.717) is 5.69 Å². The van der Waals surface area contributed by atoms with Crippen LogP contribution in [0, 0.1) is 12.3 Å². The number of carbonyl (C=O) groups excluding carboxylic acids is 1. The lowest BCUT2D eigenvalue weighted by Crippen LogP contribution is -2.25. The van der Waals surface area contributed by atoms with Crippen LogP contribution < -0.4 is 0 Å². The molecule has 0 radical (unpaired) electrons. The lowest BCUT2D eigenvalue weighted by molar-refractivity contribution is 0.0824. The molecular formula is C12H16N2O. The molecule has 0 saturated carbocycles. The predicted octanol–water partition coefficient (Wildman–Crippen LogP) is 2.27. The van der Waals surface area contributed by atoms with E-state index in [0.717, 1.165) is 18.4 Å². The minimum absolute atomic E-state index is 0.172. The van der Waals surface area contributed by atoms with Gasteiger partial charge in [-0.05, 0) is 25.3 Å². The first-order chi connectivity index (χ1) is 7.03. The number of hydrogen-bond acceptors (Lipinski definition) is 2. The molecule has 15 heavy (non-hydrogen) atoms. The number of aromatic nitrogens is 2. The highest BCUT2D eigenvalue weighted by Gasteiger charge is 2.36. The number of hydrogen-bond donors (Lipinski definition) is 0. The first-order valence-electron chi connectivity index (χ1n) is 5.23. The van der Waals surface area contributed by atoms with Crippen molar-refractivity contribution >= 4 is 5.78 Å². The van der Waals surface area contributed by atoms with Crippen molar-refractivity contribution in [2.45, 2.75) is 26.7 Å². The summed E-state index contributed by atoms with van der Waals surface area (Å²) in [6.07, 6.45) is 7.72. The predicted molar refractivity (Wildman–Crippen MR) is 58.8 cm³/mol. The number of Topliss-reactive ketones (excluding diaryl/α,β-unsaturated/α-hetero) is 1. The standard InChI is InChI=1S/C12H16N2O/c1-9-8-14(3)13-10(9)11(15)12(2)6-4-5-7-12/h4-5,8H,6-7H2,1-3H3. The van der Waals surface area contributed by atoms with Gasteiger partial charge in [-0.2, -0.15) is 5.10 Å². The van der Waals surface area contributed by atoms with Gasteiger partial charge >= 0.3 is 0 Å². The zero-order valence-electron chi connectivity index (χ0n) is 9.45. The molecule has 3 nitrogen and oxygen atoms in total. The average molecular weight is 204 g/mol. The molecule has 1 heterocycles. The van der Waals surface area contributed by atoms with Crippen LogP contribution in [0.3, 0.4) is 0 Å². The smallest absolute Gasteiger partial charge is 0.189 e. The van der Waals surface area contributed by atoms with E-state index in [9.17, 15) is 4.79 Å². The Bertz CT molecular complexity index is 421. The van der Waals surface area contributed by atoms with E-state index in [1.54, 1.807) is 4.68 Å². The number of carbonyl (C=O) groups is 1. The monoisotopic (exact) mass is 204 g/mol. The topological polar surface area (TPSA) is 34.9 Å². The average Bonchev–Trinajstić information content (AvgIpc) is 2.73. The molecule has 0 bridgehead atoms. The highest BCUT2D eigenvalue weighted by atomic mass is 16.1. The van der Waals surface area contributed by atoms with Crippen molar-refractivity contribution in [3.63, 3.8) is 0 Å². The highest BCUT2D eigenvalue weighted by molar-refractivity contribution is 6.00. The van der Waals surface area contributed by atoms with Gasteiger partial charge in [-0.1, -0.05) is 19.1 Å². The molecule has 0 atom stereocenters. The maximum absolute atomic E-state index is 12.3. The molecule has 0 spiro atoms. The molecule has 1 aromatic heterocycles. The SMILES string of the molecule is Cc1cn(C)nc1C(=O)C1(C)CC=CC1. The summed E-state index contributed by atoms with van der Waals surface area (Å²) in [4.78, 5) is 12.3. The number of allylic oxidation sites excluding steroid dienone is 2. The van der Waals surface area contributed by atoms with E-state index in [1.165, 1.54) is 0 Å². The van der Waals surface area contributed by atoms with Gasteiger partial charge in [0.15, 0.2) is 5.78 Å². The Kier molecular flexibility index (Phi) is 2.25. The molecule has 0 aliphatic heterocycles. The van der Waals surface area contributed by atoms with Crippen LogP contribution in [-0.2, 0) is 7.05 Å². The van der Waals surface area contributed by atoms with Crippen LogP contribution >= 0.6 is 0 Å². The van der Waals surface area contributed by atoms with Gasteiger partial charge in [-0.25, -0.2) is 0 Å². The third-order valence-corrected chi connectivity index (χ3v) is 3.08. The Morgan fingerprint density at radius 1 is 1.47 bits per heavy atom. The van der Waals surface area contributed by atoms with Gasteiger partial charge in [0.05, 0.1) is 0 Å². The van der Waals surface area contributed by atoms with Crippen molar-refractivity contribution in [3.05, 3.63) is 29.6 Å². The summed E-state index contributed by atoms with van der Waals surface area (Å²) in [6, 6.07) is 0. The van der Waals surface area contributed by atoms with Gasteiger partial charge < -0.3 is 0 Å². The fraction of sp³-hybridized carbons (Fsp3) is 0.500. The van der Waals surface area contributed by atoms with Crippen molar-refractivity contribution in [2.75, 3.05) is 0 Å². The van der Waals surface area contributed by atoms with Crippen molar-refractivity contribution < 1.29 is 4.79 Å². The number of ketones is 1. The molecule has 2 rings (SSSR count). The number of aryl methyl sites for hydroxylation is 2. The Labute approximate surface area is 89.8 Å². The van der Waals surface area contributed by atoms with Gasteiger partial charge in [-0.3, -0.25) is 9.48 Å². The van der Waals surface area contributed by atoms with Crippen molar-refractivity contribution in [1.29, 1.82) is 0 Å². The third kappa shape index (κ3) is 1.62. The van der Waals surface area contributed by atoms with Crippen molar-refractivity contribution in [3.8, 4) is 0 Å². The maximum Gasteiger partial charge on any atom is 0.189 e. The molecule has 0 aromatic carbocycles. The molecule has 3 heteroatoms.